The molecule has 0 atom stereocenters. The summed E-state index contributed by atoms with van der Waals surface area (Å²) in [5.41, 5.74) is 0.366. The van der Waals surface area contributed by atoms with Crippen LogP contribution in [0.5, 0.6) is 11.5 Å². The van der Waals surface area contributed by atoms with Gasteiger partial charge in [-0.15, -0.1) is 0 Å². The van der Waals surface area contributed by atoms with E-state index in [1.165, 1.54) is 0 Å². The topological polar surface area (TPSA) is 58.9 Å². The lowest BCUT2D eigenvalue weighted by molar-refractivity contribution is 0.408. The van der Waals surface area contributed by atoms with Crippen molar-refractivity contribution in [1.29, 1.82) is 0 Å². The average molecular weight is 282 g/mol. The van der Waals surface area contributed by atoms with Crippen LogP contribution in [0, 0.1) is 0 Å². The summed E-state index contributed by atoms with van der Waals surface area (Å²) >= 11 is 0. The smallest absolute Gasteiger partial charge is 0.492 e. The van der Waals surface area contributed by atoms with Crippen LogP contribution in [0.2, 0.25) is 18.1 Å². The molecule has 4 nitrogen and oxygen atoms in total. The van der Waals surface area contributed by atoms with Gasteiger partial charge in [0, 0.05) is 11.5 Å². The number of ether oxygens (including phenoxy) is 1. The second-order valence-corrected chi connectivity index (χ2v) is 10.9. The monoisotopic (exact) mass is 282 g/mol. The summed E-state index contributed by atoms with van der Waals surface area (Å²) in [5.74, 6) is 1.12. The number of hydrogen-bond acceptors (Lipinski definition) is 4. The van der Waals surface area contributed by atoms with Crippen LogP contribution >= 0.6 is 0 Å². The first-order valence-corrected chi connectivity index (χ1v) is 9.22. The van der Waals surface area contributed by atoms with Crippen LogP contribution < -0.4 is 14.6 Å². The van der Waals surface area contributed by atoms with E-state index in [2.05, 4.69) is 33.9 Å². The number of benzene rings is 1. The van der Waals surface area contributed by atoms with Gasteiger partial charge in [0.15, 0.2) is 0 Å². The predicted octanol–water partition coefficient (Wildman–Crippen LogP) is 1.76. The fourth-order valence-electron chi connectivity index (χ4n) is 1.37. The van der Waals surface area contributed by atoms with Crippen molar-refractivity contribution in [2.24, 2.45) is 0 Å². The van der Waals surface area contributed by atoms with Crippen LogP contribution in [0.1, 0.15) is 20.8 Å². The molecule has 1 rings (SSSR count). The van der Waals surface area contributed by atoms with Crippen LogP contribution in [0.4, 0.5) is 0 Å². The van der Waals surface area contributed by atoms with E-state index in [-0.39, 0.29) is 5.04 Å². The molecule has 0 spiro atoms. The van der Waals surface area contributed by atoms with Crippen molar-refractivity contribution in [3.05, 3.63) is 18.2 Å². The Morgan fingerprint density at radius 1 is 1.16 bits per heavy atom. The van der Waals surface area contributed by atoms with Crippen LogP contribution in [0.15, 0.2) is 18.2 Å². The van der Waals surface area contributed by atoms with Gasteiger partial charge in [-0.1, -0.05) is 26.8 Å². The van der Waals surface area contributed by atoms with Crippen molar-refractivity contribution >= 4 is 20.9 Å². The van der Waals surface area contributed by atoms with Crippen molar-refractivity contribution in [1.82, 2.24) is 0 Å². The molecule has 0 saturated carbocycles. The highest BCUT2D eigenvalue weighted by molar-refractivity contribution is 6.75. The Morgan fingerprint density at radius 3 is 2.16 bits per heavy atom. The van der Waals surface area contributed by atoms with Crippen molar-refractivity contribution < 1.29 is 19.2 Å². The maximum absolute atomic E-state index is 9.42. The second-order valence-electron chi connectivity index (χ2n) is 6.14. The van der Waals surface area contributed by atoms with Gasteiger partial charge in [-0.05, 0) is 24.2 Å². The quantitative estimate of drug-likeness (QED) is 0.826. The van der Waals surface area contributed by atoms with Crippen LogP contribution in [0.3, 0.4) is 0 Å². The Morgan fingerprint density at radius 2 is 1.74 bits per heavy atom. The third kappa shape index (κ3) is 3.75. The molecule has 0 radical (unpaired) electrons. The molecule has 0 saturated heterocycles. The fourth-order valence-corrected chi connectivity index (χ4v) is 2.40. The van der Waals surface area contributed by atoms with Gasteiger partial charge in [-0.3, -0.25) is 0 Å². The molecular formula is C13H23BO4Si. The van der Waals surface area contributed by atoms with Gasteiger partial charge in [0.1, 0.15) is 11.5 Å². The first-order valence-electron chi connectivity index (χ1n) is 6.31. The van der Waals surface area contributed by atoms with Gasteiger partial charge in [-0.25, -0.2) is 0 Å². The third-order valence-corrected chi connectivity index (χ3v) is 8.01. The van der Waals surface area contributed by atoms with E-state index in [0.29, 0.717) is 17.0 Å². The van der Waals surface area contributed by atoms with Crippen molar-refractivity contribution in [3.63, 3.8) is 0 Å². The lowest BCUT2D eigenvalue weighted by Crippen LogP contribution is -2.46. The highest BCUT2D eigenvalue weighted by atomic mass is 28.4. The minimum Gasteiger partial charge on any atom is -0.544 e. The maximum atomic E-state index is 9.42. The molecule has 19 heavy (non-hydrogen) atoms. The van der Waals surface area contributed by atoms with Gasteiger partial charge in [0.25, 0.3) is 0 Å². The lowest BCUT2D eigenvalue weighted by Gasteiger charge is -2.37. The molecule has 0 aromatic heterocycles. The summed E-state index contributed by atoms with van der Waals surface area (Å²) in [6.45, 7) is 10.6. The van der Waals surface area contributed by atoms with E-state index in [1.807, 2.05) is 0 Å². The Kier molecular flexibility index (Phi) is 4.71. The molecule has 1 aromatic rings. The Hall–Kier alpha value is -0.978. The van der Waals surface area contributed by atoms with Crippen LogP contribution in [0.25, 0.3) is 0 Å². The summed E-state index contributed by atoms with van der Waals surface area (Å²) in [6, 6.07) is 5.01. The van der Waals surface area contributed by atoms with E-state index >= 15 is 0 Å². The zero-order valence-corrected chi connectivity index (χ0v) is 13.5. The highest BCUT2D eigenvalue weighted by Gasteiger charge is 2.39. The predicted molar refractivity (Wildman–Crippen MR) is 80.6 cm³/mol. The fraction of sp³-hybridized carbons (Fsp3) is 0.538. The average Bonchev–Trinajstić information content (AvgIpc) is 2.26. The SMILES string of the molecule is COc1ccc(B(O)O)c(O[Si](C)(C)C(C)(C)C)c1. The van der Waals surface area contributed by atoms with Gasteiger partial charge in [0.2, 0.25) is 8.32 Å². The van der Waals surface area contributed by atoms with Gasteiger partial charge < -0.3 is 19.2 Å². The second kappa shape index (κ2) is 5.56. The molecule has 0 amide bonds. The molecule has 1 aromatic carbocycles. The summed E-state index contributed by atoms with van der Waals surface area (Å²) < 4.78 is 11.3. The van der Waals surface area contributed by atoms with Crippen molar-refractivity contribution in [2.45, 2.75) is 38.9 Å². The van der Waals surface area contributed by atoms with Gasteiger partial charge >= 0.3 is 7.12 Å². The molecule has 2 N–H and O–H groups in total. The molecule has 6 heteroatoms. The zero-order chi connectivity index (χ0) is 14.8. The van der Waals surface area contributed by atoms with E-state index in [9.17, 15) is 10.0 Å². The van der Waals surface area contributed by atoms with Gasteiger partial charge in [-0.2, -0.15) is 0 Å². The molecule has 0 fully saturated rings. The minimum atomic E-state index is -2.04. The Labute approximate surface area is 116 Å². The van der Waals surface area contributed by atoms with Crippen LogP contribution in [-0.2, 0) is 0 Å². The summed E-state index contributed by atoms with van der Waals surface area (Å²) in [5, 5.41) is 18.9. The van der Waals surface area contributed by atoms with Crippen molar-refractivity contribution in [2.75, 3.05) is 7.11 Å². The highest BCUT2D eigenvalue weighted by Crippen LogP contribution is 2.37. The standard InChI is InChI=1S/C13H23BO4Si/c1-13(2,3)19(5,6)18-12-9-10(17-4)7-8-11(12)14(15)16/h7-9,15-16H,1-6H3. The van der Waals surface area contributed by atoms with E-state index in [4.69, 9.17) is 9.16 Å². The van der Waals surface area contributed by atoms with E-state index in [0.717, 1.165) is 0 Å². The molecule has 0 aliphatic heterocycles. The number of hydrogen-bond donors (Lipinski definition) is 2. The first kappa shape index (κ1) is 16.1. The molecular weight excluding hydrogens is 259 g/mol. The minimum absolute atomic E-state index is 0.0355. The lowest BCUT2D eigenvalue weighted by atomic mass is 9.79. The number of rotatable bonds is 4. The maximum Gasteiger partial charge on any atom is 0.492 e. The third-order valence-electron chi connectivity index (χ3n) is 3.67. The van der Waals surface area contributed by atoms with Gasteiger partial charge in [0.05, 0.1) is 7.11 Å². The van der Waals surface area contributed by atoms with Crippen LogP contribution in [-0.4, -0.2) is 32.6 Å². The largest absolute Gasteiger partial charge is 0.544 e. The van der Waals surface area contributed by atoms with Crippen molar-refractivity contribution in [3.8, 4) is 11.5 Å². The molecule has 106 valence electrons. The van der Waals surface area contributed by atoms with E-state index < -0.39 is 15.4 Å². The Balaban J connectivity index is 3.18. The molecule has 0 aliphatic carbocycles. The molecule has 0 aliphatic rings. The molecule has 0 heterocycles. The Bertz CT molecular complexity index is 441. The molecule has 0 bridgehead atoms. The van der Waals surface area contributed by atoms with E-state index in [1.54, 1.807) is 25.3 Å². The number of methoxy groups -OCH3 is 1. The molecule has 0 unspecified atom stereocenters. The summed E-state index contributed by atoms with van der Waals surface area (Å²) in [7, 11) is -2.02. The zero-order valence-electron chi connectivity index (χ0n) is 12.5. The summed E-state index contributed by atoms with van der Waals surface area (Å²) in [4.78, 5) is 0. The normalized spacial score (nSPS) is 12.2. The summed E-state index contributed by atoms with van der Waals surface area (Å²) in [6.07, 6.45) is 0. The first-order chi connectivity index (χ1) is 8.58.